The number of para-hydroxylation sites is 2. The van der Waals surface area contributed by atoms with Gasteiger partial charge < -0.3 is 19.6 Å². The number of benzene rings is 2. The number of fused-ring (bicyclic) bond motifs is 1. The molecule has 7 heteroatoms. The first-order valence-electron chi connectivity index (χ1n) is 11.0. The van der Waals surface area contributed by atoms with Crippen molar-refractivity contribution < 1.29 is 65.7 Å². The molecule has 0 bridgehead atoms. The van der Waals surface area contributed by atoms with E-state index in [1.165, 1.54) is 5.56 Å². The molecule has 1 fully saturated rings. The van der Waals surface area contributed by atoms with Gasteiger partial charge in [-0.25, -0.2) is 0 Å². The molecule has 2 aromatic heterocycles. The molecular formula is C26H24KN3O3. The summed E-state index contributed by atoms with van der Waals surface area (Å²) in [6.45, 7) is 0. The van der Waals surface area contributed by atoms with Gasteiger partial charge in [0.15, 0.2) is 5.58 Å². The first kappa shape index (κ1) is 24.1. The van der Waals surface area contributed by atoms with Crippen molar-refractivity contribution in [2.75, 3.05) is 5.32 Å². The number of aromatic nitrogens is 2. The van der Waals surface area contributed by atoms with E-state index in [1.54, 1.807) is 6.20 Å². The zero-order valence-electron chi connectivity index (χ0n) is 18.7. The maximum Gasteiger partial charge on any atom is 1.00 e. The van der Waals surface area contributed by atoms with Gasteiger partial charge in [-0.1, -0.05) is 36.4 Å². The van der Waals surface area contributed by atoms with Crippen LogP contribution in [0.5, 0.6) is 0 Å². The fourth-order valence-corrected chi connectivity index (χ4v) is 4.55. The molecule has 0 amide bonds. The van der Waals surface area contributed by atoms with Crippen LogP contribution in [-0.2, 0) is 4.79 Å². The number of hydrogen-bond donors (Lipinski definition) is 1. The predicted molar refractivity (Wildman–Crippen MR) is 121 cm³/mol. The van der Waals surface area contributed by atoms with Crippen LogP contribution in [0.2, 0.25) is 0 Å². The van der Waals surface area contributed by atoms with Crippen molar-refractivity contribution in [2.45, 2.75) is 38.0 Å². The minimum atomic E-state index is -0.930. The number of nitrogens with zero attached hydrogens (tertiary/aromatic N) is 2. The maximum absolute atomic E-state index is 10.8. The second-order valence-corrected chi connectivity index (χ2v) is 8.46. The molecule has 0 saturated heterocycles. The number of anilines is 2. The molecule has 0 radical (unpaired) electrons. The molecule has 0 atom stereocenters. The zero-order valence-corrected chi connectivity index (χ0v) is 21.8. The monoisotopic (exact) mass is 465 g/mol. The fourth-order valence-electron chi connectivity index (χ4n) is 4.55. The zero-order chi connectivity index (χ0) is 21.9. The summed E-state index contributed by atoms with van der Waals surface area (Å²) in [6, 6.07) is 20.6. The van der Waals surface area contributed by atoms with Gasteiger partial charge in [0.05, 0.1) is 17.6 Å². The van der Waals surface area contributed by atoms with E-state index in [0.717, 1.165) is 53.7 Å². The molecule has 33 heavy (non-hydrogen) atoms. The number of nitrogens with one attached hydrogen (secondary N) is 1. The number of rotatable bonds is 6. The van der Waals surface area contributed by atoms with Gasteiger partial charge in [-0.3, -0.25) is 4.98 Å². The summed E-state index contributed by atoms with van der Waals surface area (Å²) < 4.78 is 5.70. The summed E-state index contributed by atoms with van der Waals surface area (Å²) in [6.07, 6.45) is 5.94. The Hall–Kier alpha value is -2.03. The number of aliphatic carboxylic acids is 1. The van der Waals surface area contributed by atoms with Crippen molar-refractivity contribution in [3.8, 4) is 11.3 Å². The number of oxazole rings is 1. The third-order valence-electron chi connectivity index (χ3n) is 6.29. The van der Waals surface area contributed by atoms with Crippen LogP contribution in [0.3, 0.4) is 0 Å². The van der Waals surface area contributed by atoms with Crippen LogP contribution in [0.15, 0.2) is 71.3 Å². The molecule has 1 aliphatic carbocycles. The normalized spacial score (nSPS) is 17.9. The Kier molecular flexibility index (Phi) is 7.98. The summed E-state index contributed by atoms with van der Waals surface area (Å²) in [5, 5.41) is 14.0. The number of carbonyl (C=O) groups excluding carboxylic acids is 1. The van der Waals surface area contributed by atoms with Gasteiger partial charge in [0.25, 0.3) is 6.01 Å². The molecule has 5 rings (SSSR count). The van der Waals surface area contributed by atoms with E-state index in [1.807, 2.05) is 36.4 Å². The summed E-state index contributed by atoms with van der Waals surface area (Å²) in [4.78, 5) is 19.8. The Morgan fingerprint density at radius 2 is 1.76 bits per heavy atom. The first-order chi connectivity index (χ1) is 15.6. The van der Waals surface area contributed by atoms with E-state index in [-0.39, 0.29) is 63.7 Å². The standard InChI is InChI=1S/C26H25N3O3.K/c30-25(31)15-17-5-7-18(8-6-17)19-9-11-20(12-10-19)22-14-13-21(16-27-22)28-26-29-23-3-1-2-4-24(23)32-26;/h1-4,9-14,16-18H,5-8,15H2,(H,28,29)(H,30,31);/q;+1/p-1. The Balaban J connectivity index is 0.00000259. The van der Waals surface area contributed by atoms with Crippen LogP contribution in [-0.4, -0.2) is 15.9 Å². The fraction of sp³-hybridized carbons (Fsp3) is 0.269. The molecule has 2 heterocycles. The number of carbonyl (C=O) groups is 1. The van der Waals surface area contributed by atoms with Crippen LogP contribution in [0, 0.1) is 5.92 Å². The Morgan fingerprint density at radius 3 is 2.42 bits per heavy atom. The van der Waals surface area contributed by atoms with Crippen LogP contribution in [0.4, 0.5) is 11.7 Å². The van der Waals surface area contributed by atoms with E-state index < -0.39 is 5.97 Å². The molecular weight excluding hydrogens is 441 g/mol. The van der Waals surface area contributed by atoms with Gasteiger partial charge in [-0.05, 0) is 73.8 Å². The van der Waals surface area contributed by atoms with E-state index in [0.29, 0.717) is 11.9 Å². The summed E-state index contributed by atoms with van der Waals surface area (Å²) in [5.41, 5.74) is 5.64. The van der Waals surface area contributed by atoms with Gasteiger partial charge in [0.1, 0.15) is 5.52 Å². The molecule has 2 aromatic carbocycles. The van der Waals surface area contributed by atoms with E-state index in [9.17, 15) is 9.90 Å². The van der Waals surface area contributed by atoms with Crippen LogP contribution in [0.25, 0.3) is 22.4 Å². The van der Waals surface area contributed by atoms with Crippen molar-refractivity contribution in [3.63, 3.8) is 0 Å². The SMILES string of the molecule is O=C([O-])CC1CCC(c2ccc(-c3ccc(Nc4nc5ccccc5o4)cn3)cc2)CC1.[K+]. The van der Waals surface area contributed by atoms with Gasteiger partial charge in [-0.2, -0.15) is 4.98 Å². The summed E-state index contributed by atoms with van der Waals surface area (Å²) in [5.74, 6) is -0.167. The molecule has 0 aliphatic heterocycles. The number of pyridine rings is 1. The average Bonchev–Trinajstić information content (AvgIpc) is 3.22. The van der Waals surface area contributed by atoms with E-state index >= 15 is 0 Å². The van der Waals surface area contributed by atoms with Crippen molar-refractivity contribution in [2.24, 2.45) is 5.92 Å². The van der Waals surface area contributed by atoms with Crippen LogP contribution in [0.1, 0.15) is 43.6 Å². The topological polar surface area (TPSA) is 91.1 Å². The molecule has 0 unspecified atom stereocenters. The third kappa shape index (κ3) is 5.91. The van der Waals surface area contributed by atoms with Crippen molar-refractivity contribution in [3.05, 3.63) is 72.4 Å². The van der Waals surface area contributed by atoms with Gasteiger partial charge in [-0.15, -0.1) is 0 Å². The number of carboxylic acids is 1. The smallest absolute Gasteiger partial charge is 0.550 e. The Bertz CT molecular complexity index is 1180. The maximum atomic E-state index is 10.8. The van der Waals surface area contributed by atoms with Gasteiger partial charge in [0.2, 0.25) is 0 Å². The minimum absolute atomic E-state index is 0. The van der Waals surface area contributed by atoms with Gasteiger partial charge in [0, 0.05) is 11.5 Å². The molecule has 1 saturated carbocycles. The van der Waals surface area contributed by atoms with Gasteiger partial charge >= 0.3 is 51.4 Å². The van der Waals surface area contributed by atoms with Crippen molar-refractivity contribution in [1.29, 1.82) is 0 Å². The van der Waals surface area contributed by atoms with E-state index in [2.05, 4.69) is 39.6 Å². The third-order valence-corrected chi connectivity index (χ3v) is 6.29. The molecule has 1 aliphatic rings. The molecule has 0 spiro atoms. The predicted octanol–water partition coefficient (Wildman–Crippen LogP) is 2.05. The molecule has 4 aromatic rings. The Labute approximate surface area is 235 Å². The molecule has 1 N–H and O–H groups in total. The summed E-state index contributed by atoms with van der Waals surface area (Å²) in [7, 11) is 0. The second-order valence-electron chi connectivity index (χ2n) is 8.46. The van der Waals surface area contributed by atoms with E-state index in [4.69, 9.17) is 4.42 Å². The molecule has 162 valence electrons. The number of carboxylic acid groups (broad SMARTS) is 1. The van der Waals surface area contributed by atoms with Crippen LogP contribution < -0.4 is 61.8 Å². The van der Waals surface area contributed by atoms with Crippen molar-refractivity contribution in [1.82, 2.24) is 9.97 Å². The summed E-state index contributed by atoms with van der Waals surface area (Å²) >= 11 is 0. The largest absolute Gasteiger partial charge is 1.00 e. The first-order valence-corrected chi connectivity index (χ1v) is 11.0. The van der Waals surface area contributed by atoms with Crippen molar-refractivity contribution >= 4 is 28.8 Å². The average molecular weight is 466 g/mol. The molecule has 6 nitrogen and oxygen atoms in total. The quantitative estimate of drug-likeness (QED) is 0.438. The second kappa shape index (κ2) is 10.9. The number of hydrogen-bond acceptors (Lipinski definition) is 6. The van der Waals surface area contributed by atoms with Crippen LogP contribution >= 0.6 is 0 Å². The minimum Gasteiger partial charge on any atom is -0.550 e. The Morgan fingerprint density at radius 1 is 1.00 bits per heavy atom.